The fourth-order valence-corrected chi connectivity index (χ4v) is 3.67. The zero-order valence-corrected chi connectivity index (χ0v) is 15.6. The zero-order valence-electron chi connectivity index (χ0n) is 14.9. The minimum Gasteiger partial charge on any atom is -0.356 e. The number of anilines is 1. The number of H-pyrrole nitrogens is 1. The summed E-state index contributed by atoms with van der Waals surface area (Å²) in [6.07, 6.45) is 6.26. The number of amides is 1. The Morgan fingerprint density at radius 3 is 3.15 bits per heavy atom. The van der Waals surface area contributed by atoms with Crippen LogP contribution in [0, 0.1) is 5.82 Å². The quantitative estimate of drug-likeness (QED) is 0.764. The zero-order chi connectivity index (χ0) is 19.0. The maximum absolute atomic E-state index is 14.3. The second-order valence-electron chi connectivity index (χ2n) is 6.64. The van der Waals surface area contributed by atoms with Gasteiger partial charge in [-0.3, -0.25) is 9.79 Å². The van der Waals surface area contributed by atoms with Crippen molar-refractivity contribution in [1.82, 2.24) is 19.9 Å². The van der Waals surface area contributed by atoms with Crippen LogP contribution in [0.15, 0.2) is 17.4 Å². The number of hydrogen-bond donors (Lipinski definition) is 2. The number of nitrogens with zero attached hydrogens (tertiary/aromatic N) is 4. The molecular weight excluding hydrogens is 371 g/mol. The number of nitrogens with one attached hydrogen (secondary N) is 2. The molecule has 9 heteroatoms. The smallest absolute Gasteiger partial charge is 0.245 e. The van der Waals surface area contributed by atoms with Crippen LogP contribution < -0.4 is 16.0 Å². The summed E-state index contributed by atoms with van der Waals surface area (Å²) in [6.45, 7) is 3.82. The summed E-state index contributed by atoms with van der Waals surface area (Å²) < 4.78 is 14.3. The molecule has 2 aromatic heterocycles. The SMILES string of the molecule is CCN1CCC[C@H](Nc2nc(-c3c[nH]c4c3=CC(Cl)CN=4)ncc2F)C1=O. The molecule has 1 unspecified atom stereocenters. The van der Waals surface area contributed by atoms with Crippen LogP contribution >= 0.6 is 11.6 Å². The van der Waals surface area contributed by atoms with Crippen LogP contribution in [0.25, 0.3) is 17.5 Å². The van der Waals surface area contributed by atoms with E-state index in [1.54, 1.807) is 11.1 Å². The molecule has 2 atom stereocenters. The molecule has 1 fully saturated rings. The van der Waals surface area contributed by atoms with E-state index in [0.29, 0.717) is 36.4 Å². The number of rotatable bonds is 4. The number of carbonyl (C=O) groups is 1. The molecule has 4 rings (SSSR count). The Labute approximate surface area is 160 Å². The molecule has 0 bridgehead atoms. The van der Waals surface area contributed by atoms with Crippen LogP contribution in [0.1, 0.15) is 19.8 Å². The van der Waals surface area contributed by atoms with Crippen molar-refractivity contribution in [2.45, 2.75) is 31.2 Å². The van der Waals surface area contributed by atoms with Crippen LogP contribution in [0.2, 0.25) is 0 Å². The second-order valence-corrected chi connectivity index (χ2v) is 7.20. The van der Waals surface area contributed by atoms with Crippen LogP contribution in [0.5, 0.6) is 0 Å². The van der Waals surface area contributed by atoms with Gasteiger partial charge in [0, 0.05) is 30.1 Å². The lowest BCUT2D eigenvalue weighted by Crippen LogP contribution is -2.47. The summed E-state index contributed by atoms with van der Waals surface area (Å²) in [5, 5.41) is 3.57. The molecule has 4 heterocycles. The van der Waals surface area contributed by atoms with Gasteiger partial charge in [-0.1, -0.05) is 6.08 Å². The Morgan fingerprint density at radius 2 is 2.33 bits per heavy atom. The number of likely N-dealkylation sites (N-methyl/N-ethyl adjacent to an activating group) is 1. The number of piperidine rings is 1. The average Bonchev–Trinajstić information content (AvgIpc) is 3.08. The van der Waals surface area contributed by atoms with Gasteiger partial charge >= 0.3 is 0 Å². The summed E-state index contributed by atoms with van der Waals surface area (Å²) in [4.78, 5) is 30.1. The highest BCUT2D eigenvalue weighted by atomic mass is 35.5. The molecule has 7 nitrogen and oxygen atoms in total. The van der Waals surface area contributed by atoms with Gasteiger partial charge in [0.25, 0.3) is 0 Å². The van der Waals surface area contributed by atoms with Gasteiger partial charge in [0.1, 0.15) is 11.5 Å². The molecule has 1 saturated heterocycles. The summed E-state index contributed by atoms with van der Waals surface area (Å²) in [5.41, 5.74) is 1.41. The number of halogens is 2. The highest BCUT2D eigenvalue weighted by Gasteiger charge is 2.28. The first-order valence-electron chi connectivity index (χ1n) is 9.03. The number of aromatic nitrogens is 3. The number of likely N-dealkylation sites (tertiary alicyclic amines) is 1. The highest BCUT2D eigenvalue weighted by Crippen LogP contribution is 2.20. The normalized spacial score (nSPS) is 22.0. The Balaban J connectivity index is 1.67. The molecule has 1 amide bonds. The molecule has 2 aromatic rings. The monoisotopic (exact) mass is 390 g/mol. The molecule has 2 N–H and O–H groups in total. The van der Waals surface area contributed by atoms with Crippen LogP contribution in [0.4, 0.5) is 10.2 Å². The van der Waals surface area contributed by atoms with Crippen molar-refractivity contribution in [1.29, 1.82) is 0 Å². The van der Waals surface area contributed by atoms with Crippen molar-refractivity contribution in [3.8, 4) is 11.4 Å². The third-order valence-corrected chi connectivity index (χ3v) is 5.14. The Bertz CT molecular complexity index is 990. The lowest BCUT2D eigenvalue weighted by molar-refractivity contribution is -0.134. The standard InChI is InChI=1S/C18H20ClFN6O/c1-2-26-5-3-4-14(18(26)27)24-17-13(20)9-23-16(25-17)12-8-22-15-11(12)6-10(19)7-21-15/h6,8-10,14H,2-5,7H2,1H3,(H,21,22)(H,23,24,25)/t10?,14-/m0/s1. The summed E-state index contributed by atoms with van der Waals surface area (Å²) in [5.74, 6) is -0.237. The van der Waals surface area contributed by atoms with Gasteiger partial charge in [0.05, 0.1) is 18.1 Å². The van der Waals surface area contributed by atoms with E-state index in [1.807, 2.05) is 13.0 Å². The predicted octanol–water partition coefficient (Wildman–Crippen LogP) is 1.05. The fraction of sp³-hybridized carbons (Fsp3) is 0.444. The molecule has 27 heavy (non-hydrogen) atoms. The van der Waals surface area contributed by atoms with Gasteiger partial charge in [-0.15, -0.1) is 11.6 Å². The van der Waals surface area contributed by atoms with Gasteiger partial charge in [-0.25, -0.2) is 14.4 Å². The first kappa shape index (κ1) is 17.9. The second kappa shape index (κ2) is 7.26. The molecule has 0 radical (unpaired) electrons. The van der Waals surface area contributed by atoms with Gasteiger partial charge < -0.3 is 15.2 Å². The molecule has 0 aliphatic carbocycles. The Kier molecular flexibility index (Phi) is 4.82. The van der Waals surface area contributed by atoms with E-state index in [-0.39, 0.29) is 17.1 Å². The van der Waals surface area contributed by atoms with Crippen molar-refractivity contribution >= 4 is 29.4 Å². The van der Waals surface area contributed by atoms with Crippen LogP contribution in [0.3, 0.4) is 0 Å². The maximum atomic E-state index is 14.3. The fourth-order valence-electron chi connectivity index (χ4n) is 3.47. The molecule has 0 spiro atoms. The number of alkyl halides is 1. The topological polar surface area (TPSA) is 86.3 Å². The van der Waals surface area contributed by atoms with Crippen molar-refractivity contribution < 1.29 is 9.18 Å². The van der Waals surface area contributed by atoms with Crippen molar-refractivity contribution in [2.24, 2.45) is 4.99 Å². The number of fused-ring (bicyclic) bond motifs is 1. The van der Waals surface area contributed by atoms with Gasteiger partial charge in [0.15, 0.2) is 17.5 Å². The third kappa shape index (κ3) is 3.41. The third-order valence-electron chi connectivity index (χ3n) is 4.88. The number of carbonyl (C=O) groups excluding carboxylic acids is 1. The van der Waals surface area contributed by atoms with Crippen molar-refractivity contribution in [3.05, 3.63) is 28.9 Å². The van der Waals surface area contributed by atoms with E-state index in [4.69, 9.17) is 11.6 Å². The van der Waals surface area contributed by atoms with E-state index in [2.05, 4.69) is 25.3 Å². The van der Waals surface area contributed by atoms with Gasteiger partial charge in [0.2, 0.25) is 5.91 Å². The van der Waals surface area contributed by atoms with E-state index in [0.717, 1.165) is 24.4 Å². The van der Waals surface area contributed by atoms with Gasteiger partial charge in [-0.2, -0.15) is 0 Å². The summed E-state index contributed by atoms with van der Waals surface area (Å²) in [6, 6.07) is -0.482. The summed E-state index contributed by atoms with van der Waals surface area (Å²) in [7, 11) is 0. The van der Waals surface area contributed by atoms with Gasteiger partial charge in [-0.05, 0) is 19.8 Å². The van der Waals surface area contributed by atoms with E-state index >= 15 is 0 Å². The molecular formula is C18H20ClFN6O. The Hall–Kier alpha value is -2.48. The first-order chi connectivity index (χ1) is 13.1. The molecule has 142 valence electrons. The van der Waals surface area contributed by atoms with Crippen LogP contribution in [-0.2, 0) is 4.79 Å². The average molecular weight is 391 g/mol. The van der Waals surface area contributed by atoms with Crippen molar-refractivity contribution in [3.63, 3.8) is 0 Å². The van der Waals surface area contributed by atoms with Crippen molar-refractivity contribution in [2.75, 3.05) is 25.0 Å². The van der Waals surface area contributed by atoms with E-state index < -0.39 is 11.9 Å². The van der Waals surface area contributed by atoms with Crippen LogP contribution in [-0.4, -0.2) is 56.8 Å². The Morgan fingerprint density at radius 1 is 1.48 bits per heavy atom. The lowest BCUT2D eigenvalue weighted by Gasteiger charge is -2.32. The largest absolute Gasteiger partial charge is 0.356 e. The maximum Gasteiger partial charge on any atom is 0.245 e. The highest BCUT2D eigenvalue weighted by molar-refractivity contribution is 6.24. The molecule has 2 aliphatic heterocycles. The summed E-state index contributed by atoms with van der Waals surface area (Å²) >= 11 is 6.17. The lowest BCUT2D eigenvalue weighted by atomic mass is 10.0. The molecule has 0 saturated carbocycles. The number of aromatic amines is 1. The molecule has 0 aromatic carbocycles. The molecule has 2 aliphatic rings. The van der Waals surface area contributed by atoms with E-state index in [9.17, 15) is 9.18 Å². The minimum absolute atomic E-state index is 0.0283. The minimum atomic E-state index is -0.589. The first-order valence-corrected chi connectivity index (χ1v) is 9.46. The number of hydrogen-bond acceptors (Lipinski definition) is 5. The predicted molar refractivity (Wildman–Crippen MR) is 100 cm³/mol. The van der Waals surface area contributed by atoms with E-state index in [1.165, 1.54) is 0 Å².